The second kappa shape index (κ2) is 10.1. The minimum Gasteiger partial charge on any atom is -0.861 e. The first-order valence-electron chi connectivity index (χ1n) is 9.81. The van der Waals surface area contributed by atoms with E-state index >= 15 is 0 Å². The number of morpholine rings is 1. The molecule has 4 rings (SSSR count). The summed E-state index contributed by atoms with van der Waals surface area (Å²) in [7, 11) is 1.60. The van der Waals surface area contributed by atoms with Crippen LogP contribution < -0.4 is 19.6 Å². The van der Waals surface area contributed by atoms with Crippen LogP contribution >= 0.6 is 11.8 Å². The molecular formula is C21H20N6O4S. The highest BCUT2D eigenvalue weighted by Gasteiger charge is 2.22. The van der Waals surface area contributed by atoms with Crippen molar-refractivity contribution in [1.82, 2.24) is 10.3 Å². The van der Waals surface area contributed by atoms with Crippen molar-refractivity contribution in [3.8, 4) is 23.1 Å². The molecule has 10 nitrogen and oxygen atoms in total. The van der Waals surface area contributed by atoms with Gasteiger partial charge < -0.3 is 14.6 Å². The van der Waals surface area contributed by atoms with Gasteiger partial charge in [0.05, 0.1) is 49.5 Å². The molecule has 11 heteroatoms. The molecule has 0 atom stereocenters. The second-order valence-electron chi connectivity index (χ2n) is 6.71. The molecule has 2 aromatic heterocycles. The number of pyridine rings is 1. The molecule has 164 valence electrons. The molecule has 1 aliphatic rings. The van der Waals surface area contributed by atoms with Gasteiger partial charge in [0.25, 0.3) is 6.20 Å². The summed E-state index contributed by atoms with van der Waals surface area (Å²) in [6.45, 7) is 2.55. The number of thioether (sulfide) groups is 1. The maximum absolute atomic E-state index is 12.4. The highest BCUT2D eigenvalue weighted by molar-refractivity contribution is 7.99. The van der Waals surface area contributed by atoms with Gasteiger partial charge in [-0.05, 0) is 42.3 Å². The van der Waals surface area contributed by atoms with Crippen molar-refractivity contribution >= 4 is 23.5 Å². The predicted molar refractivity (Wildman–Crippen MR) is 114 cm³/mol. The van der Waals surface area contributed by atoms with Gasteiger partial charge in [0.1, 0.15) is 16.8 Å². The third kappa shape index (κ3) is 5.16. The lowest BCUT2D eigenvalue weighted by Crippen LogP contribution is -2.62. The van der Waals surface area contributed by atoms with Gasteiger partial charge in [0.15, 0.2) is 0 Å². The third-order valence-corrected chi connectivity index (χ3v) is 5.63. The molecule has 0 spiro atoms. The predicted octanol–water partition coefficient (Wildman–Crippen LogP) is 1.06. The van der Waals surface area contributed by atoms with Crippen LogP contribution in [0, 0.1) is 11.3 Å². The summed E-state index contributed by atoms with van der Waals surface area (Å²) in [5, 5.41) is 28.0. The van der Waals surface area contributed by atoms with Crippen LogP contribution in [0.5, 0.6) is 5.75 Å². The lowest BCUT2D eigenvalue weighted by Gasteiger charge is -2.18. The van der Waals surface area contributed by atoms with Gasteiger partial charge in [-0.1, -0.05) is 11.8 Å². The average molecular weight is 452 g/mol. The normalized spacial score (nSPS) is 14.2. The van der Waals surface area contributed by atoms with E-state index in [0.717, 1.165) is 23.1 Å². The number of hydrogen-bond donors (Lipinski definition) is 0. The quantitative estimate of drug-likeness (QED) is 0.224. The van der Waals surface area contributed by atoms with Crippen molar-refractivity contribution in [3.63, 3.8) is 0 Å². The van der Waals surface area contributed by atoms with Gasteiger partial charge >= 0.3 is 5.88 Å². The number of rotatable bonds is 7. The number of methoxy groups -OCH3 is 1. The molecule has 0 aliphatic carbocycles. The van der Waals surface area contributed by atoms with E-state index in [1.165, 1.54) is 4.79 Å². The Bertz CT molecular complexity index is 1140. The summed E-state index contributed by atoms with van der Waals surface area (Å²) in [6, 6.07) is 13.0. The Labute approximate surface area is 188 Å². The molecule has 3 heterocycles. The highest BCUT2D eigenvalue weighted by Crippen LogP contribution is 2.26. The van der Waals surface area contributed by atoms with E-state index < -0.39 is 5.90 Å². The Morgan fingerprint density at radius 1 is 1.28 bits per heavy atom. The van der Waals surface area contributed by atoms with Crippen LogP contribution in [0.2, 0.25) is 0 Å². The van der Waals surface area contributed by atoms with Crippen LogP contribution in [0.3, 0.4) is 0 Å². The number of benzene rings is 1. The van der Waals surface area contributed by atoms with E-state index in [9.17, 15) is 10.4 Å². The summed E-state index contributed by atoms with van der Waals surface area (Å²) in [5.41, 5.74) is 1.97. The number of hydrogen-bond acceptors (Lipinski definition) is 10. The Morgan fingerprint density at radius 2 is 2.06 bits per heavy atom. The lowest BCUT2D eigenvalue weighted by atomic mass is 10.1. The van der Waals surface area contributed by atoms with E-state index in [-0.39, 0.29) is 11.6 Å². The second-order valence-corrected chi connectivity index (χ2v) is 7.67. The Morgan fingerprint density at radius 3 is 2.78 bits per heavy atom. The lowest BCUT2D eigenvalue weighted by molar-refractivity contribution is -0.759. The van der Waals surface area contributed by atoms with Crippen molar-refractivity contribution in [1.29, 1.82) is 5.26 Å². The Kier molecular flexibility index (Phi) is 6.84. The third-order valence-electron chi connectivity index (χ3n) is 4.65. The number of ether oxygens (including phenoxy) is 2. The largest absolute Gasteiger partial charge is 0.861 e. The average Bonchev–Trinajstić information content (AvgIpc) is 3.31. The van der Waals surface area contributed by atoms with Crippen molar-refractivity contribution in [2.24, 2.45) is 4.99 Å². The highest BCUT2D eigenvalue weighted by atomic mass is 32.2. The van der Waals surface area contributed by atoms with E-state index in [2.05, 4.69) is 21.3 Å². The van der Waals surface area contributed by atoms with Crippen molar-refractivity contribution in [2.75, 3.05) is 44.2 Å². The molecule has 1 saturated heterocycles. The molecule has 0 unspecified atom stereocenters. The van der Waals surface area contributed by atoms with Crippen LogP contribution in [0.4, 0.5) is 5.88 Å². The van der Waals surface area contributed by atoms with Gasteiger partial charge in [-0.2, -0.15) is 5.26 Å². The van der Waals surface area contributed by atoms with E-state index in [1.807, 2.05) is 29.3 Å². The van der Waals surface area contributed by atoms with Crippen LogP contribution in [-0.2, 0) is 4.74 Å². The van der Waals surface area contributed by atoms with Crippen LogP contribution in [0.25, 0.3) is 11.3 Å². The minimum atomic E-state index is -0.416. The Balaban J connectivity index is 1.45. The fourth-order valence-corrected chi connectivity index (χ4v) is 3.77. The summed E-state index contributed by atoms with van der Waals surface area (Å²) in [6.07, 6.45) is 1.55. The smallest absolute Gasteiger partial charge is 0.324 e. The molecule has 0 amide bonds. The minimum absolute atomic E-state index is 0.00595. The van der Waals surface area contributed by atoms with E-state index in [4.69, 9.17) is 14.0 Å². The van der Waals surface area contributed by atoms with Gasteiger partial charge in [-0.3, -0.25) is 4.52 Å². The standard InChI is InChI=1S/C21H20N6O4S/c1-29-17-5-2-15(3-6-17)18-7-4-16(12-22)21(23-18)32-14-19(28)24-20-13-27(25-31-20)26-8-10-30-11-9-26/h2-7,13H,8-11,14H2,1H3. The molecule has 0 radical (unpaired) electrons. The molecule has 1 aromatic carbocycles. The summed E-state index contributed by atoms with van der Waals surface area (Å²) in [4.78, 5) is 10.0. The monoisotopic (exact) mass is 452 g/mol. The van der Waals surface area contributed by atoms with Gasteiger partial charge in [-0.15, -0.1) is 5.01 Å². The molecule has 32 heavy (non-hydrogen) atoms. The van der Waals surface area contributed by atoms with Gasteiger partial charge in [-0.25, -0.2) is 9.98 Å². The first kappa shape index (κ1) is 21.6. The SMILES string of the molecule is COc1ccc(-c2ccc(C#N)c(SC/C([O-])=N/c3c[n+](N4CCOCC4)no3)n2)cc1. The zero-order valence-electron chi connectivity index (χ0n) is 17.3. The summed E-state index contributed by atoms with van der Waals surface area (Å²) in [5.74, 6) is 0.446. The first-order valence-corrected chi connectivity index (χ1v) is 10.8. The van der Waals surface area contributed by atoms with Crippen molar-refractivity contribution in [3.05, 3.63) is 48.2 Å². The van der Waals surface area contributed by atoms with Crippen LogP contribution in [0.1, 0.15) is 5.56 Å². The van der Waals surface area contributed by atoms with E-state index in [1.54, 1.807) is 25.4 Å². The summed E-state index contributed by atoms with van der Waals surface area (Å²) >= 11 is 1.15. The fourth-order valence-electron chi connectivity index (χ4n) is 3.01. The Hall–Kier alpha value is -3.62. The molecule has 3 aromatic rings. The maximum atomic E-state index is 12.4. The van der Waals surface area contributed by atoms with Crippen LogP contribution in [0.15, 0.2) is 57.1 Å². The number of nitrogens with zero attached hydrogens (tertiary/aromatic N) is 6. The van der Waals surface area contributed by atoms with Gasteiger partial charge in [0.2, 0.25) is 5.27 Å². The molecule has 0 saturated carbocycles. The number of nitriles is 1. The fraction of sp³-hybridized carbons (Fsp3) is 0.286. The van der Waals surface area contributed by atoms with Crippen molar-refractivity contribution in [2.45, 2.75) is 5.03 Å². The topological polar surface area (TPSA) is 124 Å². The summed E-state index contributed by atoms with van der Waals surface area (Å²) < 4.78 is 15.6. The maximum Gasteiger partial charge on any atom is 0.324 e. The number of aromatic nitrogens is 3. The molecule has 1 fully saturated rings. The first-order chi connectivity index (χ1) is 15.7. The van der Waals surface area contributed by atoms with Crippen molar-refractivity contribution < 1.29 is 23.9 Å². The zero-order chi connectivity index (χ0) is 22.3. The number of aliphatic imine (C=N–C) groups is 1. The van der Waals surface area contributed by atoms with E-state index in [0.29, 0.717) is 42.6 Å². The zero-order valence-corrected chi connectivity index (χ0v) is 18.1. The molecule has 1 aliphatic heterocycles. The molecule has 0 bridgehead atoms. The molecular weight excluding hydrogens is 432 g/mol. The van der Waals surface area contributed by atoms with Crippen LogP contribution in [-0.4, -0.2) is 55.3 Å². The molecule has 0 N–H and O–H groups in total. The van der Waals surface area contributed by atoms with Gasteiger partial charge in [0, 0.05) is 11.3 Å².